The molecule has 0 fully saturated rings. The summed E-state index contributed by atoms with van der Waals surface area (Å²) in [7, 11) is 0. The summed E-state index contributed by atoms with van der Waals surface area (Å²) in [6.07, 6.45) is 5.17. The van der Waals surface area contributed by atoms with Crippen LogP contribution in [0.4, 0.5) is 0 Å². The quantitative estimate of drug-likeness (QED) is 0.345. The maximum atomic E-state index is 5.33. The number of hydrogen-bond donors (Lipinski definition) is 0. The van der Waals surface area contributed by atoms with E-state index in [1.165, 1.54) is 0 Å². The summed E-state index contributed by atoms with van der Waals surface area (Å²) in [6, 6.07) is 0. The van der Waals surface area contributed by atoms with Gasteiger partial charge in [-0.05, 0) is 26.8 Å². The zero-order chi connectivity index (χ0) is 8.69. The molecule has 0 aromatic heterocycles. The third-order valence-electron chi connectivity index (χ3n) is 0.924. The van der Waals surface area contributed by atoms with E-state index in [1.54, 1.807) is 18.5 Å². The van der Waals surface area contributed by atoms with Crippen LogP contribution in [-0.2, 0) is 4.74 Å². The topological polar surface area (TPSA) is 21.6 Å². The van der Waals surface area contributed by atoms with Crippen LogP contribution in [0.5, 0.6) is 0 Å². The van der Waals surface area contributed by atoms with Gasteiger partial charge in [0.15, 0.2) is 0 Å². The molecule has 0 bridgehead atoms. The molecule has 0 unspecified atom stereocenters. The van der Waals surface area contributed by atoms with Crippen LogP contribution in [0.2, 0.25) is 0 Å². The molecule has 0 atom stereocenters. The minimum Gasteiger partial charge on any atom is -0.489 e. The van der Waals surface area contributed by atoms with Gasteiger partial charge in [-0.25, -0.2) is 0 Å². The number of aliphatic imine (C=N–C) groups is 1. The first-order chi connectivity index (χ1) is 5.20. The van der Waals surface area contributed by atoms with Crippen molar-refractivity contribution in [2.45, 2.75) is 26.9 Å². The largest absolute Gasteiger partial charge is 0.489 e. The van der Waals surface area contributed by atoms with Gasteiger partial charge in [-0.2, -0.15) is 0 Å². The molecule has 2 nitrogen and oxygen atoms in total. The Balaban J connectivity index is 4.04. The van der Waals surface area contributed by atoms with Crippen LogP contribution in [-0.4, -0.2) is 12.3 Å². The lowest BCUT2D eigenvalue weighted by Crippen LogP contribution is -1.99. The number of hydrogen-bond acceptors (Lipinski definition) is 2. The lowest BCUT2D eigenvalue weighted by atomic mass is 10.4. The Labute approximate surface area is 68.3 Å². The van der Waals surface area contributed by atoms with E-state index in [9.17, 15) is 0 Å². The molecule has 0 aromatic rings. The van der Waals surface area contributed by atoms with E-state index < -0.39 is 0 Å². The van der Waals surface area contributed by atoms with Crippen molar-refractivity contribution in [3.8, 4) is 0 Å². The second-order valence-corrected chi connectivity index (χ2v) is 2.31. The van der Waals surface area contributed by atoms with Crippen molar-refractivity contribution < 1.29 is 4.74 Å². The molecule has 0 saturated heterocycles. The zero-order valence-electron chi connectivity index (χ0n) is 7.37. The molecule has 0 aliphatic rings. The van der Waals surface area contributed by atoms with E-state index in [2.05, 4.69) is 11.6 Å². The highest BCUT2D eigenvalue weighted by Crippen LogP contribution is 2.02. The van der Waals surface area contributed by atoms with Gasteiger partial charge >= 0.3 is 0 Å². The Morgan fingerprint density at radius 1 is 1.55 bits per heavy atom. The van der Waals surface area contributed by atoms with Crippen molar-refractivity contribution in [2.75, 3.05) is 0 Å². The van der Waals surface area contributed by atoms with Crippen molar-refractivity contribution in [1.82, 2.24) is 0 Å². The first-order valence-corrected chi connectivity index (χ1v) is 3.67. The molecule has 11 heavy (non-hydrogen) atoms. The molecular weight excluding hydrogens is 138 g/mol. The SMILES string of the molecule is C=CC(=CN=CC)OC(C)C. The van der Waals surface area contributed by atoms with Gasteiger partial charge in [0.1, 0.15) is 5.76 Å². The highest BCUT2D eigenvalue weighted by Gasteiger charge is 1.94. The lowest BCUT2D eigenvalue weighted by molar-refractivity contribution is 0.157. The zero-order valence-corrected chi connectivity index (χ0v) is 7.37. The fraction of sp³-hybridized carbons (Fsp3) is 0.444. The summed E-state index contributed by atoms with van der Waals surface area (Å²) < 4.78 is 5.33. The van der Waals surface area contributed by atoms with Gasteiger partial charge in [-0.1, -0.05) is 6.58 Å². The molecule has 0 heterocycles. The van der Waals surface area contributed by atoms with Gasteiger partial charge in [-0.3, -0.25) is 4.99 Å². The van der Waals surface area contributed by atoms with Crippen molar-refractivity contribution in [3.05, 3.63) is 24.6 Å². The maximum absolute atomic E-state index is 5.33. The summed E-state index contributed by atoms with van der Waals surface area (Å²) in [4.78, 5) is 3.91. The van der Waals surface area contributed by atoms with Crippen LogP contribution < -0.4 is 0 Å². The van der Waals surface area contributed by atoms with E-state index in [1.807, 2.05) is 20.8 Å². The molecule has 0 radical (unpaired) electrons. The minimum atomic E-state index is 0.173. The van der Waals surface area contributed by atoms with Crippen LogP contribution >= 0.6 is 0 Å². The molecule has 0 aliphatic carbocycles. The van der Waals surface area contributed by atoms with E-state index in [4.69, 9.17) is 4.74 Å². The average Bonchev–Trinajstić information content (AvgIpc) is 1.97. The van der Waals surface area contributed by atoms with Crippen molar-refractivity contribution in [1.29, 1.82) is 0 Å². The Morgan fingerprint density at radius 3 is 2.55 bits per heavy atom. The predicted octanol–water partition coefficient (Wildman–Crippen LogP) is 2.53. The van der Waals surface area contributed by atoms with E-state index in [0.29, 0.717) is 5.76 Å². The smallest absolute Gasteiger partial charge is 0.137 e. The number of allylic oxidation sites excluding steroid dienone is 1. The van der Waals surface area contributed by atoms with Crippen molar-refractivity contribution >= 4 is 6.21 Å². The van der Waals surface area contributed by atoms with Crippen molar-refractivity contribution in [2.24, 2.45) is 4.99 Å². The van der Waals surface area contributed by atoms with Crippen LogP contribution in [0.1, 0.15) is 20.8 Å². The highest BCUT2D eigenvalue weighted by molar-refractivity contribution is 5.54. The molecule has 2 heteroatoms. The maximum Gasteiger partial charge on any atom is 0.137 e. The van der Waals surface area contributed by atoms with E-state index >= 15 is 0 Å². The Morgan fingerprint density at radius 2 is 2.18 bits per heavy atom. The lowest BCUT2D eigenvalue weighted by Gasteiger charge is -2.08. The monoisotopic (exact) mass is 153 g/mol. The van der Waals surface area contributed by atoms with Crippen LogP contribution in [0.3, 0.4) is 0 Å². The predicted molar refractivity (Wildman–Crippen MR) is 48.7 cm³/mol. The summed E-state index contributed by atoms with van der Waals surface area (Å²) in [5.74, 6) is 0.707. The minimum absolute atomic E-state index is 0.173. The summed E-state index contributed by atoms with van der Waals surface area (Å²) in [5, 5.41) is 0. The fourth-order valence-corrected chi connectivity index (χ4v) is 0.551. The summed E-state index contributed by atoms with van der Waals surface area (Å²) in [6.45, 7) is 9.38. The normalized spacial score (nSPS) is 12.5. The first-order valence-electron chi connectivity index (χ1n) is 3.67. The standard InChI is InChI=1S/C9H15NO/c1-5-9(7-10-6-2)11-8(3)4/h5-8H,1H2,2-4H3. The average molecular weight is 153 g/mol. The molecule has 62 valence electrons. The fourth-order valence-electron chi connectivity index (χ4n) is 0.551. The number of ether oxygens (including phenoxy) is 1. The van der Waals surface area contributed by atoms with Gasteiger partial charge < -0.3 is 4.74 Å². The van der Waals surface area contributed by atoms with Crippen LogP contribution in [0.15, 0.2) is 29.6 Å². The third-order valence-corrected chi connectivity index (χ3v) is 0.924. The molecular formula is C9H15NO. The van der Waals surface area contributed by atoms with Crippen molar-refractivity contribution in [3.63, 3.8) is 0 Å². The number of nitrogens with zero attached hydrogens (tertiary/aromatic N) is 1. The second kappa shape index (κ2) is 5.71. The Hall–Kier alpha value is -1.05. The molecule has 0 saturated carbocycles. The van der Waals surface area contributed by atoms with Gasteiger partial charge in [0.05, 0.1) is 12.3 Å². The van der Waals surface area contributed by atoms with Crippen LogP contribution in [0.25, 0.3) is 0 Å². The van der Waals surface area contributed by atoms with Crippen LogP contribution in [0, 0.1) is 0 Å². The molecule has 0 aromatic carbocycles. The molecule has 0 aliphatic heterocycles. The van der Waals surface area contributed by atoms with E-state index in [-0.39, 0.29) is 6.10 Å². The molecule has 0 spiro atoms. The second-order valence-electron chi connectivity index (χ2n) is 2.31. The first kappa shape index (κ1) is 9.95. The van der Waals surface area contributed by atoms with Gasteiger partial charge in [0.2, 0.25) is 0 Å². The molecule has 0 rings (SSSR count). The molecule has 0 N–H and O–H groups in total. The Bertz CT molecular complexity index is 168. The third kappa shape index (κ3) is 5.40. The molecule has 0 amide bonds. The van der Waals surface area contributed by atoms with Gasteiger partial charge in [-0.15, -0.1) is 0 Å². The van der Waals surface area contributed by atoms with Gasteiger partial charge in [0, 0.05) is 6.21 Å². The summed E-state index contributed by atoms with van der Waals surface area (Å²) >= 11 is 0. The summed E-state index contributed by atoms with van der Waals surface area (Å²) in [5.41, 5.74) is 0. The van der Waals surface area contributed by atoms with Gasteiger partial charge in [0.25, 0.3) is 0 Å². The highest BCUT2D eigenvalue weighted by atomic mass is 16.5. The Kier molecular flexibility index (Phi) is 5.17. The number of rotatable bonds is 4. The van der Waals surface area contributed by atoms with E-state index in [0.717, 1.165) is 0 Å².